The number of alkyl halides is 3. The number of carboxylic acids is 1. The van der Waals surface area contributed by atoms with Crippen LogP contribution in [0.2, 0.25) is 0 Å². The number of hydrogen-bond acceptors (Lipinski definition) is 2. The van der Waals surface area contributed by atoms with Crippen LogP contribution in [0.15, 0.2) is 65.7 Å². The first-order chi connectivity index (χ1) is 12.8. The lowest BCUT2D eigenvalue weighted by Crippen LogP contribution is -2.24. The van der Waals surface area contributed by atoms with Crippen LogP contribution in [0.1, 0.15) is 23.5 Å². The molecule has 0 spiro atoms. The third-order valence-electron chi connectivity index (χ3n) is 4.47. The van der Waals surface area contributed by atoms with E-state index in [1.807, 2.05) is 0 Å². The Balaban J connectivity index is 2.05. The lowest BCUT2D eigenvalue weighted by Gasteiger charge is -2.18. The maximum atomic E-state index is 13.5. The highest BCUT2D eigenvalue weighted by atomic mass is 19.4. The Hall–Kier alpha value is -3.09. The van der Waals surface area contributed by atoms with E-state index in [1.54, 1.807) is 54.6 Å². The highest BCUT2D eigenvalue weighted by Crippen LogP contribution is 2.40. The third-order valence-corrected chi connectivity index (χ3v) is 4.47. The van der Waals surface area contributed by atoms with Gasteiger partial charge >= 0.3 is 12.1 Å². The first kappa shape index (κ1) is 18.7. The SMILES string of the molecule is O=C(O)C(=C(Cc1ccccc1)CC1C(=O)Nc2ccccc21)C(F)(F)F. The highest BCUT2D eigenvalue weighted by Gasteiger charge is 2.42. The van der Waals surface area contributed by atoms with Crippen molar-refractivity contribution in [3.05, 3.63) is 76.9 Å². The fourth-order valence-corrected chi connectivity index (χ4v) is 3.30. The van der Waals surface area contributed by atoms with E-state index in [9.17, 15) is 27.9 Å². The molecule has 0 bridgehead atoms. The van der Waals surface area contributed by atoms with E-state index in [1.165, 1.54) is 0 Å². The maximum absolute atomic E-state index is 13.5. The Morgan fingerprint density at radius 2 is 1.67 bits per heavy atom. The molecular weight excluding hydrogens is 359 g/mol. The van der Waals surface area contributed by atoms with Gasteiger partial charge in [0.2, 0.25) is 5.91 Å². The third kappa shape index (κ3) is 4.02. The molecule has 0 fully saturated rings. The number of aliphatic carboxylic acids is 1. The first-order valence-electron chi connectivity index (χ1n) is 8.23. The van der Waals surface area contributed by atoms with Crippen molar-refractivity contribution in [1.82, 2.24) is 0 Å². The minimum Gasteiger partial charge on any atom is -0.478 e. The zero-order valence-electron chi connectivity index (χ0n) is 14.1. The molecule has 1 amide bonds. The lowest BCUT2D eigenvalue weighted by molar-refractivity contribution is -0.145. The van der Waals surface area contributed by atoms with Gasteiger partial charge in [-0.05, 0) is 35.6 Å². The second-order valence-corrected chi connectivity index (χ2v) is 6.28. The quantitative estimate of drug-likeness (QED) is 0.766. The minimum absolute atomic E-state index is 0.200. The summed E-state index contributed by atoms with van der Waals surface area (Å²) in [6, 6.07) is 15.0. The summed E-state index contributed by atoms with van der Waals surface area (Å²) < 4.78 is 40.4. The number of para-hydroxylation sites is 1. The van der Waals surface area contributed by atoms with E-state index in [0.29, 0.717) is 16.8 Å². The molecule has 4 nitrogen and oxygen atoms in total. The fourth-order valence-electron chi connectivity index (χ4n) is 3.30. The van der Waals surface area contributed by atoms with Crippen LogP contribution in [0, 0.1) is 0 Å². The average Bonchev–Trinajstić information content (AvgIpc) is 2.90. The van der Waals surface area contributed by atoms with Crippen LogP contribution in [-0.2, 0) is 16.0 Å². The van der Waals surface area contributed by atoms with E-state index in [0.717, 1.165) is 0 Å². The Morgan fingerprint density at radius 1 is 1.04 bits per heavy atom. The maximum Gasteiger partial charge on any atom is 0.423 e. The number of carbonyl (C=O) groups excluding carboxylic acids is 1. The van der Waals surface area contributed by atoms with E-state index in [4.69, 9.17) is 0 Å². The van der Waals surface area contributed by atoms with Gasteiger partial charge in [-0.3, -0.25) is 4.79 Å². The van der Waals surface area contributed by atoms with Gasteiger partial charge in [0.25, 0.3) is 0 Å². The fraction of sp³-hybridized carbons (Fsp3) is 0.200. The summed E-state index contributed by atoms with van der Waals surface area (Å²) in [5.41, 5.74) is -0.279. The lowest BCUT2D eigenvalue weighted by atomic mass is 9.87. The number of halogens is 3. The van der Waals surface area contributed by atoms with Crippen molar-refractivity contribution < 1.29 is 27.9 Å². The summed E-state index contributed by atoms with van der Waals surface area (Å²) >= 11 is 0. The number of nitrogens with one attached hydrogen (secondary N) is 1. The minimum atomic E-state index is -5.02. The highest BCUT2D eigenvalue weighted by molar-refractivity contribution is 6.03. The van der Waals surface area contributed by atoms with E-state index >= 15 is 0 Å². The van der Waals surface area contributed by atoms with Gasteiger partial charge in [0.15, 0.2) is 0 Å². The second-order valence-electron chi connectivity index (χ2n) is 6.28. The number of anilines is 1. The summed E-state index contributed by atoms with van der Waals surface area (Å²) in [5, 5.41) is 11.8. The Labute approximate surface area is 153 Å². The Bertz CT molecular complexity index is 904. The van der Waals surface area contributed by atoms with Gasteiger partial charge in [0.05, 0.1) is 5.92 Å². The first-order valence-corrected chi connectivity index (χ1v) is 8.23. The van der Waals surface area contributed by atoms with Crippen molar-refractivity contribution in [3.63, 3.8) is 0 Å². The van der Waals surface area contributed by atoms with Crippen LogP contribution in [0.3, 0.4) is 0 Å². The van der Waals surface area contributed by atoms with Crippen LogP contribution in [0.25, 0.3) is 0 Å². The van der Waals surface area contributed by atoms with E-state index in [-0.39, 0.29) is 18.4 Å². The summed E-state index contributed by atoms with van der Waals surface area (Å²) in [6.45, 7) is 0. The molecule has 3 rings (SSSR count). The summed E-state index contributed by atoms with van der Waals surface area (Å²) in [4.78, 5) is 23.7. The Kier molecular flexibility index (Phi) is 5.03. The Morgan fingerprint density at radius 3 is 2.30 bits per heavy atom. The molecule has 1 aliphatic rings. The van der Waals surface area contributed by atoms with Gasteiger partial charge in [-0.25, -0.2) is 4.79 Å². The molecule has 140 valence electrons. The summed E-state index contributed by atoms with van der Waals surface area (Å²) in [5.74, 6) is -3.34. The zero-order chi connectivity index (χ0) is 19.6. The normalized spacial score (nSPS) is 17.1. The average molecular weight is 375 g/mol. The number of carboxylic acid groups (broad SMARTS) is 1. The van der Waals surface area contributed by atoms with E-state index < -0.39 is 29.5 Å². The van der Waals surface area contributed by atoms with Gasteiger partial charge in [0, 0.05) is 5.69 Å². The molecule has 2 aromatic rings. The van der Waals surface area contributed by atoms with Crippen molar-refractivity contribution in [1.29, 1.82) is 0 Å². The standard InChI is InChI=1S/C20H16F3NO3/c21-20(22,23)17(19(26)27)13(10-12-6-2-1-3-7-12)11-15-14-8-4-5-9-16(14)24-18(15)25/h1-9,15H,10-11H2,(H,24,25)(H,26,27). The molecular formula is C20H16F3NO3. The summed E-state index contributed by atoms with van der Waals surface area (Å²) in [6.07, 6.45) is -5.54. The molecule has 1 atom stereocenters. The number of allylic oxidation sites excluding steroid dienone is 1. The monoisotopic (exact) mass is 375 g/mol. The van der Waals surface area contributed by atoms with Crippen molar-refractivity contribution in [2.24, 2.45) is 0 Å². The topological polar surface area (TPSA) is 66.4 Å². The van der Waals surface area contributed by atoms with Crippen LogP contribution in [0.4, 0.5) is 18.9 Å². The van der Waals surface area contributed by atoms with Gasteiger partial charge in [0.1, 0.15) is 5.57 Å². The molecule has 2 N–H and O–H groups in total. The molecule has 1 unspecified atom stereocenters. The number of carbonyl (C=O) groups is 2. The van der Waals surface area contributed by atoms with Crippen LogP contribution in [0.5, 0.6) is 0 Å². The van der Waals surface area contributed by atoms with Gasteiger partial charge in [-0.15, -0.1) is 0 Å². The van der Waals surface area contributed by atoms with Gasteiger partial charge in [-0.2, -0.15) is 13.2 Å². The smallest absolute Gasteiger partial charge is 0.423 e. The number of fused-ring (bicyclic) bond motifs is 1. The molecule has 0 saturated heterocycles. The van der Waals surface area contributed by atoms with Crippen LogP contribution in [-0.4, -0.2) is 23.2 Å². The van der Waals surface area contributed by atoms with Gasteiger partial charge in [-0.1, -0.05) is 48.5 Å². The number of hydrogen-bond donors (Lipinski definition) is 2. The predicted molar refractivity (Wildman–Crippen MR) is 93.3 cm³/mol. The number of amides is 1. The molecule has 1 aliphatic heterocycles. The molecule has 7 heteroatoms. The largest absolute Gasteiger partial charge is 0.478 e. The molecule has 27 heavy (non-hydrogen) atoms. The second kappa shape index (κ2) is 7.26. The predicted octanol–water partition coefficient (Wildman–Crippen LogP) is 4.30. The summed E-state index contributed by atoms with van der Waals surface area (Å²) in [7, 11) is 0. The van der Waals surface area contributed by atoms with Crippen molar-refractivity contribution >= 4 is 17.6 Å². The molecule has 0 aliphatic carbocycles. The molecule has 0 aromatic heterocycles. The van der Waals surface area contributed by atoms with Gasteiger partial charge < -0.3 is 10.4 Å². The molecule has 1 heterocycles. The number of rotatable bonds is 5. The zero-order valence-corrected chi connectivity index (χ0v) is 14.1. The molecule has 2 aromatic carbocycles. The molecule has 0 saturated carbocycles. The van der Waals surface area contributed by atoms with Crippen molar-refractivity contribution in [3.8, 4) is 0 Å². The van der Waals surface area contributed by atoms with Crippen molar-refractivity contribution in [2.45, 2.75) is 24.9 Å². The van der Waals surface area contributed by atoms with E-state index in [2.05, 4.69) is 5.32 Å². The number of benzene rings is 2. The van der Waals surface area contributed by atoms with Crippen molar-refractivity contribution in [2.75, 3.05) is 5.32 Å². The van der Waals surface area contributed by atoms with Crippen LogP contribution >= 0.6 is 0 Å². The molecule has 0 radical (unpaired) electrons. The van der Waals surface area contributed by atoms with Crippen LogP contribution < -0.4 is 5.32 Å².